The summed E-state index contributed by atoms with van der Waals surface area (Å²) in [5.74, 6) is 0.729. The highest BCUT2D eigenvalue weighted by Crippen LogP contribution is 2.28. The number of carbonyl (C=O) groups is 1. The summed E-state index contributed by atoms with van der Waals surface area (Å²) in [5, 5.41) is 6.50. The van der Waals surface area contributed by atoms with Crippen molar-refractivity contribution in [2.75, 3.05) is 33.3 Å². The van der Waals surface area contributed by atoms with Gasteiger partial charge in [-0.15, -0.1) is 24.0 Å². The lowest BCUT2D eigenvalue weighted by Crippen LogP contribution is -2.45. The van der Waals surface area contributed by atoms with Crippen molar-refractivity contribution in [1.82, 2.24) is 15.5 Å². The number of carbonyl (C=O) groups excluding carboxylic acids is 1. The number of halogens is 1. The Morgan fingerprint density at radius 2 is 1.81 bits per heavy atom. The smallest absolute Gasteiger partial charge is 0.410 e. The van der Waals surface area contributed by atoms with Crippen molar-refractivity contribution in [3.05, 3.63) is 0 Å². The van der Waals surface area contributed by atoms with Gasteiger partial charge < -0.3 is 25.0 Å². The number of rotatable bonds is 8. The molecule has 0 saturated heterocycles. The molecule has 26 heavy (non-hydrogen) atoms. The summed E-state index contributed by atoms with van der Waals surface area (Å²) in [7, 11) is 1.68. The summed E-state index contributed by atoms with van der Waals surface area (Å²) in [6.07, 6.45) is 1.87. The molecule has 1 aliphatic rings. The molecular weight excluding hydrogens is 447 g/mol. The van der Waals surface area contributed by atoms with Crippen LogP contribution in [0.3, 0.4) is 0 Å². The largest absolute Gasteiger partial charge is 0.444 e. The zero-order valence-corrected chi connectivity index (χ0v) is 19.7. The minimum absolute atomic E-state index is 0. The molecule has 0 aliphatic heterocycles. The number of methoxy groups -OCH3 is 1. The molecule has 1 aliphatic carbocycles. The summed E-state index contributed by atoms with van der Waals surface area (Å²) in [5.41, 5.74) is -0.779. The van der Waals surface area contributed by atoms with Gasteiger partial charge in [-0.3, -0.25) is 4.99 Å². The van der Waals surface area contributed by atoms with Crippen LogP contribution in [0.15, 0.2) is 4.99 Å². The molecule has 0 unspecified atom stereocenters. The van der Waals surface area contributed by atoms with Gasteiger partial charge in [0.05, 0.1) is 12.1 Å². The fourth-order valence-electron chi connectivity index (χ4n) is 2.10. The molecule has 0 spiro atoms. The van der Waals surface area contributed by atoms with Crippen LogP contribution in [0.25, 0.3) is 0 Å². The van der Waals surface area contributed by atoms with Crippen LogP contribution in [0, 0.1) is 0 Å². The number of nitrogens with one attached hydrogen (secondary N) is 2. The molecule has 7 nitrogen and oxygen atoms in total. The summed E-state index contributed by atoms with van der Waals surface area (Å²) in [6.45, 7) is 14.2. The Hall–Kier alpha value is -0.770. The third-order valence-corrected chi connectivity index (χ3v) is 3.78. The van der Waals surface area contributed by atoms with Crippen LogP contribution < -0.4 is 10.6 Å². The highest BCUT2D eigenvalue weighted by molar-refractivity contribution is 14.0. The molecule has 0 aromatic heterocycles. The molecule has 1 amide bonds. The second-order valence-electron chi connectivity index (χ2n) is 7.99. The molecular formula is C18H37IN4O3. The van der Waals surface area contributed by atoms with E-state index in [1.54, 1.807) is 7.11 Å². The van der Waals surface area contributed by atoms with E-state index >= 15 is 0 Å². The Bertz CT molecular complexity index is 460. The first-order valence-electron chi connectivity index (χ1n) is 9.15. The number of hydrogen-bond acceptors (Lipinski definition) is 4. The Kier molecular flexibility index (Phi) is 10.8. The van der Waals surface area contributed by atoms with Gasteiger partial charge >= 0.3 is 6.09 Å². The average Bonchev–Trinajstić information content (AvgIpc) is 3.31. The molecule has 0 heterocycles. The van der Waals surface area contributed by atoms with Crippen molar-refractivity contribution in [2.24, 2.45) is 4.99 Å². The van der Waals surface area contributed by atoms with Crippen LogP contribution >= 0.6 is 24.0 Å². The van der Waals surface area contributed by atoms with E-state index in [-0.39, 0.29) is 35.7 Å². The van der Waals surface area contributed by atoms with Crippen molar-refractivity contribution in [3.63, 3.8) is 0 Å². The lowest BCUT2D eigenvalue weighted by Gasteiger charge is -2.27. The van der Waals surface area contributed by atoms with Gasteiger partial charge in [-0.05, 0) is 54.4 Å². The fourth-order valence-corrected chi connectivity index (χ4v) is 2.10. The maximum Gasteiger partial charge on any atom is 0.410 e. The Balaban J connectivity index is 0.00000625. The van der Waals surface area contributed by atoms with Gasteiger partial charge in [0.15, 0.2) is 5.96 Å². The van der Waals surface area contributed by atoms with Crippen molar-refractivity contribution in [2.45, 2.75) is 71.6 Å². The van der Waals surface area contributed by atoms with Crippen LogP contribution in [-0.4, -0.2) is 67.5 Å². The monoisotopic (exact) mass is 484 g/mol. The SMILES string of the molecule is CCNC(=NCC(C)(C)OC)NCCN(C(=O)OC(C)(C)C)C1CC1.I. The van der Waals surface area contributed by atoms with Gasteiger partial charge in [0.2, 0.25) is 0 Å². The van der Waals surface area contributed by atoms with Gasteiger partial charge in [-0.25, -0.2) is 4.79 Å². The maximum absolute atomic E-state index is 12.4. The highest BCUT2D eigenvalue weighted by atomic mass is 127. The second-order valence-corrected chi connectivity index (χ2v) is 7.99. The van der Waals surface area contributed by atoms with Crippen molar-refractivity contribution >= 4 is 36.0 Å². The minimum Gasteiger partial charge on any atom is -0.444 e. The van der Waals surface area contributed by atoms with Crippen molar-refractivity contribution in [1.29, 1.82) is 0 Å². The number of amides is 1. The second kappa shape index (κ2) is 11.2. The Labute approximate surface area is 175 Å². The van der Waals surface area contributed by atoms with Gasteiger partial charge in [0.25, 0.3) is 0 Å². The van der Waals surface area contributed by atoms with Gasteiger partial charge in [0.1, 0.15) is 5.60 Å². The van der Waals surface area contributed by atoms with Gasteiger partial charge in [-0.2, -0.15) is 0 Å². The molecule has 154 valence electrons. The number of guanidine groups is 1. The van der Waals surface area contributed by atoms with E-state index in [0.717, 1.165) is 25.3 Å². The third-order valence-electron chi connectivity index (χ3n) is 3.78. The van der Waals surface area contributed by atoms with Crippen LogP contribution in [0.1, 0.15) is 54.4 Å². The van der Waals surface area contributed by atoms with E-state index in [1.807, 2.05) is 46.4 Å². The molecule has 0 radical (unpaired) electrons. The Morgan fingerprint density at radius 1 is 1.19 bits per heavy atom. The molecule has 0 aromatic rings. The first-order chi connectivity index (χ1) is 11.6. The zero-order valence-electron chi connectivity index (χ0n) is 17.3. The van der Waals surface area contributed by atoms with Crippen LogP contribution in [0.5, 0.6) is 0 Å². The molecule has 1 fully saturated rings. The molecule has 1 rings (SSSR count). The van der Waals surface area contributed by atoms with Crippen LogP contribution in [-0.2, 0) is 9.47 Å². The average molecular weight is 484 g/mol. The lowest BCUT2D eigenvalue weighted by molar-refractivity contribution is 0.0238. The van der Waals surface area contributed by atoms with E-state index in [0.29, 0.717) is 25.7 Å². The molecule has 2 N–H and O–H groups in total. The standard InChI is InChI=1S/C18H36N4O3.HI/c1-8-19-15(21-13-18(5,6)24-7)20-11-12-22(14-9-10-14)16(23)25-17(2,3)4;/h14H,8-13H2,1-7H3,(H2,19,20,21);1H. The summed E-state index contributed by atoms with van der Waals surface area (Å²) >= 11 is 0. The quantitative estimate of drug-likeness (QED) is 0.315. The predicted octanol–water partition coefficient (Wildman–Crippen LogP) is 2.98. The van der Waals surface area contributed by atoms with E-state index in [9.17, 15) is 4.79 Å². The minimum atomic E-state index is -0.472. The topological polar surface area (TPSA) is 75.2 Å². The lowest BCUT2D eigenvalue weighted by atomic mass is 10.1. The number of ether oxygens (including phenoxy) is 2. The first kappa shape index (κ1) is 25.2. The molecule has 0 aromatic carbocycles. The summed E-state index contributed by atoms with van der Waals surface area (Å²) in [6, 6.07) is 0.309. The van der Waals surface area contributed by atoms with E-state index in [2.05, 4.69) is 15.6 Å². The maximum atomic E-state index is 12.4. The highest BCUT2D eigenvalue weighted by Gasteiger charge is 2.34. The van der Waals surface area contributed by atoms with E-state index in [4.69, 9.17) is 9.47 Å². The number of nitrogens with zero attached hydrogens (tertiary/aromatic N) is 2. The Morgan fingerprint density at radius 3 is 2.27 bits per heavy atom. The van der Waals surface area contributed by atoms with Crippen LogP contribution in [0.4, 0.5) is 4.79 Å². The fraction of sp³-hybridized carbons (Fsp3) is 0.889. The predicted molar refractivity (Wildman–Crippen MR) is 116 cm³/mol. The number of aliphatic imine (C=N–C) groups is 1. The summed E-state index contributed by atoms with van der Waals surface area (Å²) in [4.78, 5) is 18.7. The van der Waals surface area contributed by atoms with Gasteiger partial charge in [0, 0.05) is 32.8 Å². The normalized spacial score (nSPS) is 15.1. The summed E-state index contributed by atoms with van der Waals surface area (Å²) < 4.78 is 10.9. The zero-order chi connectivity index (χ0) is 19.1. The van der Waals surface area contributed by atoms with E-state index in [1.165, 1.54) is 0 Å². The molecule has 0 bridgehead atoms. The third kappa shape index (κ3) is 10.4. The molecule has 1 saturated carbocycles. The van der Waals surface area contributed by atoms with Crippen molar-refractivity contribution in [3.8, 4) is 0 Å². The molecule has 8 heteroatoms. The van der Waals surface area contributed by atoms with Crippen LogP contribution in [0.2, 0.25) is 0 Å². The first-order valence-corrected chi connectivity index (χ1v) is 9.15. The van der Waals surface area contributed by atoms with Crippen molar-refractivity contribution < 1.29 is 14.3 Å². The van der Waals surface area contributed by atoms with Gasteiger partial charge in [-0.1, -0.05) is 0 Å². The van der Waals surface area contributed by atoms with E-state index < -0.39 is 5.60 Å². The molecule has 0 atom stereocenters. The number of hydrogen-bond donors (Lipinski definition) is 2.